The van der Waals surface area contributed by atoms with E-state index >= 15 is 0 Å². The van der Waals surface area contributed by atoms with Crippen LogP contribution in [-0.2, 0) is 9.59 Å². The number of amides is 2. The van der Waals surface area contributed by atoms with Crippen molar-refractivity contribution >= 4 is 33.4 Å². The maximum absolute atomic E-state index is 11.4. The van der Waals surface area contributed by atoms with Gasteiger partial charge in [0.2, 0.25) is 11.8 Å². The summed E-state index contributed by atoms with van der Waals surface area (Å²) in [6, 6.07) is 7.30. The van der Waals surface area contributed by atoms with E-state index in [1.807, 2.05) is 18.2 Å². The second kappa shape index (κ2) is 6.27. The average Bonchev–Trinajstić information content (AvgIpc) is 2.29. The number of halogens is 1. The van der Waals surface area contributed by atoms with Crippen molar-refractivity contribution in [3.8, 4) is 0 Å². The quantitative estimate of drug-likeness (QED) is 0.888. The van der Waals surface area contributed by atoms with Crippen molar-refractivity contribution in [1.29, 1.82) is 0 Å². The van der Waals surface area contributed by atoms with E-state index in [-0.39, 0.29) is 18.4 Å². The maximum Gasteiger partial charge on any atom is 0.243 e. The lowest BCUT2D eigenvalue weighted by Gasteiger charge is -2.07. The van der Waals surface area contributed by atoms with Crippen molar-refractivity contribution in [3.05, 3.63) is 28.7 Å². The summed E-state index contributed by atoms with van der Waals surface area (Å²) >= 11 is 3.32. The van der Waals surface area contributed by atoms with Crippen molar-refractivity contribution in [2.45, 2.75) is 13.3 Å². The van der Waals surface area contributed by atoms with Crippen LogP contribution in [0.15, 0.2) is 28.7 Å². The normalized spacial score (nSPS) is 9.62. The van der Waals surface area contributed by atoms with Crippen LogP contribution < -0.4 is 10.6 Å². The molecule has 0 aliphatic rings. The van der Waals surface area contributed by atoms with Gasteiger partial charge in [-0.15, -0.1) is 0 Å². The van der Waals surface area contributed by atoms with E-state index < -0.39 is 0 Å². The Labute approximate surface area is 103 Å². The summed E-state index contributed by atoms with van der Waals surface area (Å²) in [5.41, 5.74) is 0.693. The zero-order valence-corrected chi connectivity index (χ0v) is 10.5. The summed E-state index contributed by atoms with van der Waals surface area (Å²) in [6.45, 7) is 1.73. The zero-order chi connectivity index (χ0) is 12.0. The van der Waals surface area contributed by atoms with Crippen LogP contribution in [0.3, 0.4) is 0 Å². The van der Waals surface area contributed by atoms with Gasteiger partial charge in [-0.2, -0.15) is 0 Å². The lowest BCUT2D eigenvalue weighted by atomic mass is 10.3. The molecule has 0 fully saturated rings. The molecule has 1 rings (SSSR count). The lowest BCUT2D eigenvalue weighted by Crippen LogP contribution is -2.32. The molecular weight excluding hydrogens is 272 g/mol. The van der Waals surface area contributed by atoms with Gasteiger partial charge in [0.15, 0.2) is 0 Å². The van der Waals surface area contributed by atoms with Crippen molar-refractivity contribution in [1.82, 2.24) is 5.32 Å². The van der Waals surface area contributed by atoms with Crippen LogP contribution in [0.5, 0.6) is 0 Å². The van der Waals surface area contributed by atoms with Gasteiger partial charge in [-0.3, -0.25) is 9.59 Å². The molecule has 16 heavy (non-hydrogen) atoms. The number of rotatable bonds is 4. The van der Waals surface area contributed by atoms with Gasteiger partial charge in [0.05, 0.1) is 12.2 Å². The van der Waals surface area contributed by atoms with Gasteiger partial charge in [0.1, 0.15) is 0 Å². The topological polar surface area (TPSA) is 58.2 Å². The third-order valence-corrected chi connectivity index (χ3v) is 2.61. The maximum atomic E-state index is 11.4. The highest BCUT2D eigenvalue weighted by Crippen LogP contribution is 2.20. The van der Waals surface area contributed by atoms with E-state index in [9.17, 15) is 9.59 Å². The molecule has 1 aromatic rings. The number of carbonyl (C=O) groups is 2. The summed E-state index contributed by atoms with van der Waals surface area (Å²) in [4.78, 5) is 22.4. The van der Waals surface area contributed by atoms with Gasteiger partial charge >= 0.3 is 0 Å². The van der Waals surface area contributed by atoms with Crippen LogP contribution in [0.1, 0.15) is 13.3 Å². The fraction of sp³-hybridized carbons (Fsp3) is 0.273. The number of hydrogen-bond donors (Lipinski definition) is 2. The Morgan fingerprint density at radius 1 is 1.25 bits per heavy atom. The van der Waals surface area contributed by atoms with Gasteiger partial charge in [0, 0.05) is 10.9 Å². The summed E-state index contributed by atoms with van der Waals surface area (Å²) in [6.07, 6.45) is 0.377. The van der Waals surface area contributed by atoms with Crippen molar-refractivity contribution in [2.75, 3.05) is 11.9 Å². The zero-order valence-electron chi connectivity index (χ0n) is 8.92. The first-order valence-electron chi connectivity index (χ1n) is 4.94. The van der Waals surface area contributed by atoms with Crippen LogP contribution in [0, 0.1) is 0 Å². The Balaban J connectivity index is 2.46. The summed E-state index contributed by atoms with van der Waals surface area (Å²) < 4.78 is 0.810. The van der Waals surface area contributed by atoms with Gasteiger partial charge < -0.3 is 10.6 Å². The van der Waals surface area contributed by atoms with Crippen LogP contribution in [0.2, 0.25) is 0 Å². The Morgan fingerprint density at radius 3 is 2.56 bits per heavy atom. The number of benzene rings is 1. The minimum Gasteiger partial charge on any atom is -0.347 e. The second-order valence-corrected chi connectivity index (χ2v) is 4.01. The number of hydrogen-bond acceptors (Lipinski definition) is 2. The molecule has 5 heteroatoms. The molecule has 0 bridgehead atoms. The molecular formula is C11H13BrN2O2. The molecule has 0 spiro atoms. The van der Waals surface area contributed by atoms with E-state index in [2.05, 4.69) is 26.6 Å². The van der Waals surface area contributed by atoms with Gasteiger partial charge in [0.25, 0.3) is 0 Å². The highest BCUT2D eigenvalue weighted by molar-refractivity contribution is 9.10. The molecule has 2 amide bonds. The SMILES string of the molecule is CCC(=O)NCC(=O)Nc1ccccc1Br. The molecule has 0 aliphatic carbocycles. The molecule has 4 nitrogen and oxygen atoms in total. The monoisotopic (exact) mass is 284 g/mol. The molecule has 2 N–H and O–H groups in total. The van der Waals surface area contributed by atoms with Crippen LogP contribution >= 0.6 is 15.9 Å². The van der Waals surface area contributed by atoms with Crippen molar-refractivity contribution in [3.63, 3.8) is 0 Å². The van der Waals surface area contributed by atoms with Crippen LogP contribution in [0.4, 0.5) is 5.69 Å². The molecule has 0 saturated heterocycles. The lowest BCUT2D eigenvalue weighted by molar-refractivity contribution is -0.123. The first-order chi connectivity index (χ1) is 7.63. The predicted octanol–water partition coefficient (Wildman–Crippen LogP) is 1.91. The van der Waals surface area contributed by atoms with E-state index in [1.54, 1.807) is 13.0 Å². The largest absolute Gasteiger partial charge is 0.347 e. The molecule has 0 radical (unpaired) electrons. The molecule has 0 saturated carbocycles. The standard InChI is InChI=1S/C11H13BrN2O2/c1-2-10(15)13-7-11(16)14-9-6-4-3-5-8(9)12/h3-6H,2,7H2,1H3,(H,13,15)(H,14,16). The molecule has 0 atom stereocenters. The van der Waals surface area contributed by atoms with Crippen LogP contribution in [-0.4, -0.2) is 18.4 Å². The Kier molecular flexibility index (Phi) is 4.98. The first-order valence-corrected chi connectivity index (χ1v) is 5.74. The Bertz CT molecular complexity index is 393. The highest BCUT2D eigenvalue weighted by Gasteiger charge is 2.05. The molecule has 0 aromatic heterocycles. The first kappa shape index (κ1) is 12.7. The summed E-state index contributed by atoms with van der Waals surface area (Å²) in [5, 5.41) is 5.19. The third-order valence-electron chi connectivity index (χ3n) is 1.92. The summed E-state index contributed by atoms with van der Waals surface area (Å²) in [5.74, 6) is -0.379. The minimum atomic E-state index is -0.242. The Morgan fingerprint density at radius 2 is 1.94 bits per heavy atom. The number of nitrogens with one attached hydrogen (secondary N) is 2. The molecule has 0 aliphatic heterocycles. The van der Waals surface area contributed by atoms with E-state index in [4.69, 9.17) is 0 Å². The molecule has 0 heterocycles. The van der Waals surface area contributed by atoms with Gasteiger partial charge in [-0.1, -0.05) is 19.1 Å². The van der Waals surface area contributed by atoms with Crippen LogP contribution in [0.25, 0.3) is 0 Å². The molecule has 1 aromatic carbocycles. The average molecular weight is 285 g/mol. The third kappa shape index (κ3) is 4.02. The van der Waals surface area contributed by atoms with Gasteiger partial charge in [-0.05, 0) is 28.1 Å². The van der Waals surface area contributed by atoms with Crippen molar-refractivity contribution < 1.29 is 9.59 Å². The highest BCUT2D eigenvalue weighted by atomic mass is 79.9. The van der Waals surface area contributed by atoms with Crippen molar-refractivity contribution in [2.24, 2.45) is 0 Å². The summed E-state index contributed by atoms with van der Waals surface area (Å²) in [7, 11) is 0. The fourth-order valence-corrected chi connectivity index (χ4v) is 1.44. The van der Waals surface area contributed by atoms with E-state index in [0.29, 0.717) is 12.1 Å². The minimum absolute atomic E-state index is 0.00594. The molecule has 0 unspecified atom stereocenters. The van der Waals surface area contributed by atoms with E-state index in [1.165, 1.54) is 0 Å². The van der Waals surface area contributed by atoms with E-state index in [0.717, 1.165) is 4.47 Å². The number of carbonyl (C=O) groups excluding carboxylic acids is 2. The Hall–Kier alpha value is -1.36. The molecule has 86 valence electrons. The number of para-hydroxylation sites is 1. The van der Waals surface area contributed by atoms with Gasteiger partial charge in [-0.25, -0.2) is 0 Å². The number of anilines is 1. The fourth-order valence-electron chi connectivity index (χ4n) is 1.06. The smallest absolute Gasteiger partial charge is 0.243 e. The second-order valence-electron chi connectivity index (χ2n) is 3.16. The predicted molar refractivity (Wildman–Crippen MR) is 66.1 cm³/mol.